The summed E-state index contributed by atoms with van der Waals surface area (Å²) in [6.45, 7) is 2.12. The number of fused-ring (bicyclic) bond motifs is 1. The van der Waals surface area contributed by atoms with Crippen molar-refractivity contribution < 1.29 is 18.6 Å². The SMILES string of the molecule is CCCCC[C@@H]1CCc2cc(O)c(F)c(F)c2O1. The van der Waals surface area contributed by atoms with Gasteiger partial charge in [0.25, 0.3) is 0 Å². The van der Waals surface area contributed by atoms with Crippen LogP contribution in [0.1, 0.15) is 44.6 Å². The number of benzene rings is 1. The molecule has 0 aromatic heterocycles. The molecule has 2 rings (SSSR count). The van der Waals surface area contributed by atoms with Gasteiger partial charge in [-0.05, 0) is 31.7 Å². The molecule has 0 aliphatic carbocycles. The molecule has 0 fully saturated rings. The summed E-state index contributed by atoms with van der Waals surface area (Å²) >= 11 is 0. The Kier molecular flexibility index (Phi) is 4.04. The first-order valence-electron chi connectivity index (χ1n) is 6.50. The van der Waals surface area contributed by atoms with E-state index in [2.05, 4.69) is 6.92 Å². The largest absolute Gasteiger partial charge is 0.505 e. The molecule has 0 radical (unpaired) electrons. The molecule has 100 valence electrons. The van der Waals surface area contributed by atoms with Crippen molar-refractivity contribution in [2.75, 3.05) is 0 Å². The third kappa shape index (κ3) is 2.57. The van der Waals surface area contributed by atoms with E-state index < -0.39 is 17.4 Å². The quantitative estimate of drug-likeness (QED) is 0.827. The smallest absolute Gasteiger partial charge is 0.204 e. The lowest BCUT2D eigenvalue weighted by atomic mass is 9.98. The normalized spacial score (nSPS) is 18.3. The van der Waals surface area contributed by atoms with Crippen molar-refractivity contribution in [2.24, 2.45) is 0 Å². The Morgan fingerprint density at radius 2 is 2.11 bits per heavy atom. The zero-order valence-corrected chi connectivity index (χ0v) is 10.5. The molecule has 0 saturated carbocycles. The summed E-state index contributed by atoms with van der Waals surface area (Å²) in [7, 11) is 0. The minimum atomic E-state index is -1.22. The van der Waals surface area contributed by atoms with E-state index >= 15 is 0 Å². The van der Waals surface area contributed by atoms with E-state index in [1.807, 2.05) is 0 Å². The maximum absolute atomic E-state index is 13.6. The fraction of sp³-hybridized carbons (Fsp3) is 0.571. The average molecular weight is 256 g/mol. The van der Waals surface area contributed by atoms with Crippen LogP contribution < -0.4 is 4.74 Å². The summed E-state index contributed by atoms with van der Waals surface area (Å²) in [5, 5.41) is 9.22. The number of ether oxygens (including phenoxy) is 1. The van der Waals surface area contributed by atoms with Crippen molar-refractivity contribution >= 4 is 0 Å². The molecule has 1 N–H and O–H groups in total. The zero-order chi connectivity index (χ0) is 13.1. The second-order valence-corrected chi connectivity index (χ2v) is 4.79. The van der Waals surface area contributed by atoms with Crippen LogP contribution in [0.2, 0.25) is 0 Å². The zero-order valence-electron chi connectivity index (χ0n) is 10.5. The van der Waals surface area contributed by atoms with Gasteiger partial charge in [0.2, 0.25) is 11.6 Å². The highest BCUT2D eigenvalue weighted by atomic mass is 19.2. The molecule has 1 aliphatic rings. The van der Waals surface area contributed by atoms with Gasteiger partial charge in [0.15, 0.2) is 11.5 Å². The summed E-state index contributed by atoms with van der Waals surface area (Å²) in [4.78, 5) is 0. The molecule has 1 aromatic rings. The Bertz CT molecular complexity index is 432. The Morgan fingerprint density at radius 1 is 1.33 bits per heavy atom. The minimum Gasteiger partial charge on any atom is -0.505 e. The molecule has 1 aromatic carbocycles. The first-order valence-corrected chi connectivity index (χ1v) is 6.50. The van der Waals surface area contributed by atoms with Crippen molar-refractivity contribution in [2.45, 2.75) is 51.6 Å². The lowest BCUT2D eigenvalue weighted by Gasteiger charge is -2.26. The van der Waals surface area contributed by atoms with Crippen LogP contribution in [-0.2, 0) is 6.42 Å². The van der Waals surface area contributed by atoms with Crippen LogP contribution in [0.3, 0.4) is 0 Å². The molecule has 4 heteroatoms. The number of phenols is 1. The van der Waals surface area contributed by atoms with E-state index in [-0.39, 0.29) is 11.9 Å². The number of hydrogen-bond donors (Lipinski definition) is 1. The summed E-state index contributed by atoms with van der Waals surface area (Å²) in [6, 6.07) is 1.26. The van der Waals surface area contributed by atoms with Gasteiger partial charge in [-0.1, -0.05) is 19.8 Å². The molecule has 2 nitrogen and oxygen atoms in total. The van der Waals surface area contributed by atoms with Crippen LogP contribution in [-0.4, -0.2) is 11.2 Å². The van der Waals surface area contributed by atoms with Crippen LogP contribution in [0, 0.1) is 11.6 Å². The van der Waals surface area contributed by atoms with Gasteiger partial charge in [-0.15, -0.1) is 0 Å². The fourth-order valence-electron chi connectivity index (χ4n) is 2.33. The van der Waals surface area contributed by atoms with Gasteiger partial charge < -0.3 is 9.84 Å². The first kappa shape index (κ1) is 13.1. The van der Waals surface area contributed by atoms with E-state index in [9.17, 15) is 13.9 Å². The predicted octanol–water partition coefficient (Wildman–Crippen LogP) is 3.94. The van der Waals surface area contributed by atoms with Crippen LogP contribution in [0.25, 0.3) is 0 Å². The summed E-state index contributed by atoms with van der Waals surface area (Å²) in [6.07, 6.45) is 5.54. The van der Waals surface area contributed by atoms with Crippen LogP contribution in [0.15, 0.2) is 6.07 Å². The molecule has 1 heterocycles. The maximum Gasteiger partial charge on any atom is 0.204 e. The van der Waals surface area contributed by atoms with Crippen molar-refractivity contribution in [1.82, 2.24) is 0 Å². The van der Waals surface area contributed by atoms with Gasteiger partial charge in [0, 0.05) is 5.56 Å². The molecule has 0 bridgehead atoms. The molecule has 1 atom stereocenters. The van der Waals surface area contributed by atoms with Crippen molar-refractivity contribution in [3.63, 3.8) is 0 Å². The summed E-state index contributed by atoms with van der Waals surface area (Å²) < 4.78 is 32.4. The van der Waals surface area contributed by atoms with Gasteiger partial charge in [-0.3, -0.25) is 0 Å². The number of halogens is 2. The summed E-state index contributed by atoms with van der Waals surface area (Å²) in [5.74, 6) is -2.94. The molecule has 18 heavy (non-hydrogen) atoms. The number of aromatic hydroxyl groups is 1. The van der Waals surface area contributed by atoms with Crippen molar-refractivity contribution in [3.8, 4) is 11.5 Å². The van der Waals surface area contributed by atoms with E-state index in [0.717, 1.165) is 32.1 Å². The third-order valence-corrected chi connectivity index (χ3v) is 3.37. The predicted molar refractivity (Wildman–Crippen MR) is 64.9 cm³/mol. The lowest BCUT2D eigenvalue weighted by Crippen LogP contribution is -2.23. The van der Waals surface area contributed by atoms with Gasteiger partial charge in [0.05, 0.1) is 6.10 Å². The Hall–Kier alpha value is -1.32. The Balaban J connectivity index is 2.11. The fourth-order valence-corrected chi connectivity index (χ4v) is 2.33. The topological polar surface area (TPSA) is 29.5 Å². The van der Waals surface area contributed by atoms with E-state index in [1.54, 1.807) is 0 Å². The Labute approximate surface area is 106 Å². The molecule has 0 amide bonds. The highest BCUT2D eigenvalue weighted by molar-refractivity contribution is 5.43. The van der Waals surface area contributed by atoms with Crippen molar-refractivity contribution in [3.05, 3.63) is 23.3 Å². The van der Waals surface area contributed by atoms with Gasteiger partial charge in [-0.25, -0.2) is 0 Å². The van der Waals surface area contributed by atoms with Crippen molar-refractivity contribution in [1.29, 1.82) is 0 Å². The molecular weight excluding hydrogens is 238 g/mol. The van der Waals surface area contributed by atoms with E-state index in [4.69, 9.17) is 4.74 Å². The van der Waals surface area contributed by atoms with Crippen LogP contribution >= 0.6 is 0 Å². The molecular formula is C14H18F2O2. The van der Waals surface area contributed by atoms with Crippen LogP contribution in [0.5, 0.6) is 11.5 Å². The first-order chi connectivity index (χ1) is 8.63. The highest BCUT2D eigenvalue weighted by Crippen LogP contribution is 2.36. The second kappa shape index (κ2) is 5.55. The highest BCUT2D eigenvalue weighted by Gasteiger charge is 2.26. The van der Waals surface area contributed by atoms with E-state index in [0.29, 0.717) is 12.0 Å². The number of phenolic OH excluding ortho intramolecular Hbond substituents is 1. The Morgan fingerprint density at radius 3 is 2.83 bits per heavy atom. The number of rotatable bonds is 4. The molecule has 0 saturated heterocycles. The molecule has 1 aliphatic heterocycles. The van der Waals surface area contributed by atoms with Crippen LogP contribution in [0.4, 0.5) is 8.78 Å². The van der Waals surface area contributed by atoms with E-state index in [1.165, 1.54) is 6.07 Å². The lowest BCUT2D eigenvalue weighted by molar-refractivity contribution is 0.150. The van der Waals surface area contributed by atoms with Gasteiger partial charge in [0.1, 0.15) is 0 Å². The van der Waals surface area contributed by atoms with Gasteiger partial charge in [-0.2, -0.15) is 8.78 Å². The van der Waals surface area contributed by atoms with Gasteiger partial charge >= 0.3 is 0 Å². The monoisotopic (exact) mass is 256 g/mol. The number of aryl methyl sites for hydroxylation is 1. The average Bonchev–Trinajstić information content (AvgIpc) is 2.37. The minimum absolute atomic E-state index is 0.0157. The number of hydrogen-bond acceptors (Lipinski definition) is 2. The summed E-state index contributed by atoms with van der Waals surface area (Å²) in [5.41, 5.74) is 0.554. The number of unbranched alkanes of at least 4 members (excludes halogenated alkanes) is 2. The third-order valence-electron chi connectivity index (χ3n) is 3.37. The maximum atomic E-state index is 13.6. The molecule has 0 spiro atoms. The second-order valence-electron chi connectivity index (χ2n) is 4.79. The molecule has 0 unspecified atom stereocenters. The standard InChI is InChI=1S/C14H18F2O2/c1-2-3-4-5-10-7-6-9-8-11(17)12(15)13(16)14(9)18-10/h8,10,17H,2-7H2,1H3/t10-/m1/s1.